The molecule has 2 rings (SSSR count). The maximum absolute atomic E-state index is 12.6. The molecular weight excluding hydrogens is 434 g/mol. The first-order valence-corrected chi connectivity index (χ1v) is 11.4. The Morgan fingerprint density at radius 1 is 1.03 bits per heavy atom. The number of hydrogen-bond donors (Lipinski definition) is 2. The predicted molar refractivity (Wildman–Crippen MR) is 119 cm³/mol. The first-order chi connectivity index (χ1) is 14.7. The number of hydrogen-bond acceptors (Lipinski definition) is 6. The van der Waals surface area contributed by atoms with Crippen molar-refractivity contribution < 1.29 is 32.0 Å². The lowest BCUT2D eigenvalue weighted by Crippen LogP contribution is -2.42. The Kier molecular flexibility index (Phi) is 7.56. The Bertz CT molecular complexity index is 1070. The molecule has 0 saturated heterocycles. The summed E-state index contributed by atoms with van der Waals surface area (Å²) in [4.78, 5) is 23.6. The normalized spacial score (nSPS) is 13.7. The molecule has 174 valence electrons. The van der Waals surface area contributed by atoms with E-state index in [1.54, 1.807) is 52.0 Å². The number of carboxylic acids is 1. The van der Waals surface area contributed by atoms with Crippen LogP contribution in [0, 0.1) is 6.92 Å². The number of carbonyl (C=O) groups excluding carboxylic acids is 1. The van der Waals surface area contributed by atoms with Crippen LogP contribution in [0.5, 0.6) is 5.75 Å². The lowest BCUT2D eigenvalue weighted by Gasteiger charge is -2.30. The van der Waals surface area contributed by atoms with Gasteiger partial charge in [0.2, 0.25) is 0 Å². The van der Waals surface area contributed by atoms with Crippen LogP contribution in [0.2, 0.25) is 0 Å². The van der Waals surface area contributed by atoms with Gasteiger partial charge in [-0.1, -0.05) is 36.8 Å². The molecule has 8 nitrogen and oxygen atoms in total. The van der Waals surface area contributed by atoms with Crippen molar-refractivity contribution in [3.8, 4) is 5.75 Å². The van der Waals surface area contributed by atoms with Crippen LogP contribution < -0.4 is 9.50 Å². The van der Waals surface area contributed by atoms with Crippen LogP contribution in [0.15, 0.2) is 53.4 Å². The quantitative estimate of drug-likeness (QED) is 0.568. The fraction of sp³-hybridized carbons (Fsp3) is 0.391. The highest BCUT2D eigenvalue weighted by Crippen LogP contribution is 2.31. The van der Waals surface area contributed by atoms with Gasteiger partial charge in [0, 0.05) is 12.0 Å². The largest absolute Gasteiger partial charge is 0.481 e. The van der Waals surface area contributed by atoms with Crippen LogP contribution in [0.25, 0.3) is 0 Å². The summed E-state index contributed by atoms with van der Waals surface area (Å²) in [6, 6.07) is 12.4. The van der Waals surface area contributed by atoms with E-state index in [4.69, 9.17) is 8.92 Å². The molecule has 0 radical (unpaired) electrons. The molecule has 32 heavy (non-hydrogen) atoms. The van der Waals surface area contributed by atoms with Crippen molar-refractivity contribution in [3.63, 3.8) is 0 Å². The maximum atomic E-state index is 12.6. The Balaban J connectivity index is 2.28. The summed E-state index contributed by atoms with van der Waals surface area (Å²) in [5.41, 5.74) is -0.346. The second-order valence-electron chi connectivity index (χ2n) is 8.86. The fourth-order valence-electron chi connectivity index (χ4n) is 2.98. The molecule has 0 aromatic heterocycles. The number of rotatable bonds is 8. The Hall–Kier alpha value is -3.07. The summed E-state index contributed by atoms with van der Waals surface area (Å²) in [5, 5.41) is 12.0. The number of ether oxygens (including phenoxy) is 1. The number of nitrogens with one attached hydrogen (secondary N) is 1. The zero-order valence-electron chi connectivity index (χ0n) is 18.8. The van der Waals surface area contributed by atoms with E-state index in [1.165, 1.54) is 24.3 Å². The topological polar surface area (TPSA) is 119 Å². The van der Waals surface area contributed by atoms with Gasteiger partial charge in [-0.05, 0) is 57.5 Å². The van der Waals surface area contributed by atoms with E-state index >= 15 is 0 Å². The molecule has 2 aromatic rings. The van der Waals surface area contributed by atoms with Gasteiger partial charge in [-0.15, -0.1) is 0 Å². The smallest absolute Gasteiger partial charge is 0.407 e. The molecule has 2 aromatic carbocycles. The molecule has 9 heteroatoms. The summed E-state index contributed by atoms with van der Waals surface area (Å²) in [6.45, 7) is 8.62. The zero-order chi connectivity index (χ0) is 24.2. The van der Waals surface area contributed by atoms with Gasteiger partial charge in [0.15, 0.2) is 0 Å². The van der Waals surface area contributed by atoms with Crippen LogP contribution in [-0.4, -0.2) is 37.7 Å². The van der Waals surface area contributed by atoms with Crippen molar-refractivity contribution in [1.29, 1.82) is 0 Å². The minimum Gasteiger partial charge on any atom is -0.481 e. The molecule has 0 saturated carbocycles. The Morgan fingerprint density at radius 2 is 1.66 bits per heavy atom. The van der Waals surface area contributed by atoms with Gasteiger partial charge < -0.3 is 19.3 Å². The van der Waals surface area contributed by atoms with Crippen molar-refractivity contribution in [2.75, 3.05) is 6.54 Å². The number of amides is 1. The predicted octanol–water partition coefficient (Wildman–Crippen LogP) is 4.02. The second kappa shape index (κ2) is 9.60. The minimum atomic E-state index is -4.07. The molecule has 2 N–H and O–H groups in total. The number of carbonyl (C=O) groups is 2. The highest BCUT2D eigenvalue weighted by atomic mass is 32.2. The van der Waals surface area contributed by atoms with E-state index in [2.05, 4.69) is 5.32 Å². The average Bonchev–Trinajstić information content (AvgIpc) is 2.65. The number of carboxylic acid groups (broad SMARTS) is 1. The first kappa shape index (κ1) is 25.2. The lowest BCUT2D eigenvalue weighted by molar-refractivity contribution is -0.138. The van der Waals surface area contributed by atoms with Crippen LogP contribution in [0.1, 0.15) is 45.2 Å². The van der Waals surface area contributed by atoms with E-state index in [-0.39, 0.29) is 23.6 Å². The van der Waals surface area contributed by atoms with E-state index < -0.39 is 33.2 Å². The summed E-state index contributed by atoms with van der Waals surface area (Å²) >= 11 is 0. The summed E-state index contributed by atoms with van der Waals surface area (Å²) in [5.74, 6) is -1.03. The molecule has 0 fully saturated rings. The van der Waals surface area contributed by atoms with E-state index in [0.717, 1.165) is 5.56 Å². The molecule has 1 atom stereocenters. The first-order valence-electron chi connectivity index (χ1n) is 10.0. The zero-order valence-corrected chi connectivity index (χ0v) is 19.7. The van der Waals surface area contributed by atoms with Gasteiger partial charge in [0.1, 0.15) is 16.2 Å². The van der Waals surface area contributed by atoms with Gasteiger partial charge in [-0.2, -0.15) is 8.42 Å². The third-order valence-corrected chi connectivity index (χ3v) is 5.87. The van der Waals surface area contributed by atoms with Crippen molar-refractivity contribution >= 4 is 22.2 Å². The monoisotopic (exact) mass is 463 g/mol. The molecule has 0 aliphatic rings. The highest BCUT2D eigenvalue weighted by Gasteiger charge is 2.32. The van der Waals surface area contributed by atoms with Crippen molar-refractivity contribution in [2.45, 2.75) is 57.0 Å². The molecule has 0 aliphatic heterocycles. The van der Waals surface area contributed by atoms with Gasteiger partial charge >= 0.3 is 22.2 Å². The molecule has 0 heterocycles. The van der Waals surface area contributed by atoms with E-state index in [1.807, 2.05) is 6.92 Å². The Morgan fingerprint density at radius 3 is 2.22 bits per heavy atom. The van der Waals surface area contributed by atoms with Crippen molar-refractivity contribution in [1.82, 2.24) is 5.32 Å². The van der Waals surface area contributed by atoms with Crippen LogP contribution in [-0.2, 0) is 25.1 Å². The SMILES string of the molecule is Cc1ccc(S(=O)(=O)Oc2cccc(C(C)(CNC(=O)OC(C)(C)C)CC(=O)O)c2)cc1. The molecule has 0 aliphatic carbocycles. The fourth-order valence-corrected chi connectivity index (χ4v) is 3.91. The molecule has 0 bridgehead atoms. The van der Waals surface area contributed by atoms with Gasteiger partial charge in [0.05, 0.1) is 6.42 Å². The van der Waals surface area contributed by atoms with Gasteiger partial charge in [0.25, 0.3) is 0 Å². The lowest BCUT2D eigenvalue weighted by atomic mass is 9.79. The van der Waals surface area contributed by atoms with Gasteiger partial charge in [-0.3, -0.25) is 4.79 Å². The standard InChI is InChI=1S/C23H29NO7S/c1-16-9-11-19(12-10-16)32(28,29)31-18-8-6-7-17(13-18)23(5,14-20(25)26)15-24-21(27)30-22(2,3)4/h6-13H,14-15H2,1-5H3,(H,24,27)(H,25,26). The van der Waals surface area contributed by atoms with Crippen LogP contribution in [0.3, 0.4) is 0 Å². The molecule has 1 unspecified atom stereocenters. The van der Waals surface area contributed by atoms with Crippen LogP contribution >= 0.6 is 0 Å². The third-order valence-electron chi connectivity index (χ3n) is 4.61. The molecular formula is C23H29NO7S. The summed E-state index contributed by atoms with van der Waals surface area (Å²) in [6.07, 6.45) is -0.986. The van der Waals surface area contributed by atoms with Crippen molar-refractivity contribution in [2.24, 2.45) is 0 Å². The number of aryl methyl sites for hydroxylation is 1. The Labute approximate surface area is 188 Å². The number of benzene rings is 2. The van der Waals surface area contributed by atoms with E-state index in [0.29, 0.717) is 5.56 Å². The summed E-state index contributed by atoms with van der Waals surface area (Å²) in [7, 11) is -4.07. The van der Waals surface area contributed by atoms with E-state index in [9.17, 15) is 23.1 Å². The maximum Gasteiger partial charge on any atom is 0.407 e. The number of aliphatic carboxylic acids is 1. The second-order valence-corrected chi connectivity index (χ2v) is 10.4. The van der Waals surface area contributed by atoms with Crippen molar-refractivity contribution in [3.05, 3.63) is 59.7 Å². The third kappa shape index (κ3) is 7.26. The number of alkyl carbamates (subject to hydrolysis) is 1. The van der Waals surface area contributed by atoms with Gasteiger partial charge in [-0.25, -0.2) is 4.79 Å². The minimum absolute atomic E-state index is 0.00777. The van der Waals surface area contributed by atoms with Crippen LogP contribution in [0.4, 0.5) is 4.79 Å². The highest BCUT2D eigenvalue weighted by molar-refractivity contribution is 7.87. The molecule has 0 spiro atoms. The molecule has 1 amide bonds. The summed E-state index contributed by atoms with van der Waals surface area (Å²) < 4.78 is 35.7. The average molecular weight is 464 g/mol.